The molecule has 0 amide bonds. The predicted octanol–water partition coefficient (Wildman–Crippen LogP) is 12.7. The van der Waals surface area contributed by atoms with E-state index in [1.54, 1.807) is 4.57 Å². The van der Waals surface area contributed by atoms with Crippen LogP contribution in [0.4, 0.5) is 0 Å². The largest absolute Gasteiger partial charge is 0.456 e. The van der Waals surface area contributed by atoms with E-state index in [0.29, 0.717) is 28.1 Å². The topological polar surface area (TPSA) is 66.6 Å². The van der Waals surface area contributed by atoms with Gasteiger partial charge in [0, 0.05) is 43.3 Å². The van der Waals surface area contributed by atoms with Crippen LogP contribution in [0.3, 0.4) is 0 Å². The highest BCUT2D eigenvalue weighted by Gasteiger charge is 2.24. The van der Waals surface area contributed by atoms with Crippen LogP contribution in [0.25, 0.3) is 116 Å². The Labute approximate surface area is 335 Å². The average Bonchev–Trinajstić information content (AvgIpc) is 4.06. The van der Waals surface area contributed by atoms with Crippen molar-refractivity contribution in [2.45, 2.75) is 0 Å². The van der Waals surface area contributed by atoms with Gasteiger partial charge in [-0.05, 0) is 60.6 Å². The maximum absolute atomic E-state index is 9.27. The molecule has 0 fully saturated rings. The highest BCUT2D eigenvalue weighted by atomic mass is 16.3. The number of para-hydroxylation sites is 7. The molecule has 0 aliphatic heterocycles. The lowest BCUT2D eigenvalue weighted by Gasteiger charge is -2.16. The Morgan fingerprint density at radius 3 is 1.60 bits per heavy atom. The van der Waals surface area contributed by atoms with Crippen LogP contribution in [-0.4, -0.2) is 28.7 Å². The van der Waals surface area contributed by atoms with Crippen molar-refractivity contribution < 1.29 is 9.90 Å². The molecule has 0 saturated heterocycles. The summed E-state index contributed by atoms with van der Waals surface area (Å²) < 4.78 is 48.3. The van der Waals surface area contributed by atoms with Crippen LogP contribution in [0.2, 0.25) is 0 Å². The monoisotopic (exact) mass is 746 g/mol. The minimum absolute atomic E-state index is 0.123. The summed E-state index contributed by atoms with van der Waals surface area (Å²) in [5.41, 5.74) is 7.90. The van der Waals surface area contributed by atoms with Crippen molar-refractivity contribution in [1.29, 1.82) is 0 Å². The molecule has 7 heteroatoms. The van der Waals surface area contributed by atoms with E-state index in [4.69, 9.17) is 23.5 Å². The molecule has 0 spiro atoms. The highest BCUT2D eigenvalue weighted by molar-refractivity contribution is 6.24. The lowest BCUT2D eigenvalue weighted by molar-refractivity contribution is 0.669. The minimum Gasteiger partial charge on any atom is -0.456 e. The molecule has 0 aliphatic carbocycles. The summed E-state index contributed by atoms with van der Waals surface area (Å²) >= 11 is 0. The van der Waals surface area contributed by atoms with Gasteiger partial charge >= 0.3 is 0 Å². The molecular weight excluding hydrogens is 713 g/mol. The number of furan rings is 1. The summed E-state index contributed by atoms with van der Waals surface area (Å²) in [6.07, 6.45) is 0. The molecule has 0 unspecified atom stereocenters. The summed E-state index contributed by atoms with van der Waals surface area (Å²) in [6, 6.07) is 51.8. The van der Waals surface area contributed by atoms with Gasteiger partial charge < -0.3 is 8.98 Å². The number of nitrogens with zero attached hydrogens (tertiary/aromatic N) is 6. The third-order valence-corrected chi connectivity index (χ3v) is 11.5. The molecule has 0 atom stereocenters. The van der Waals surface area contributed by atoms with E-state index in [1.807, 2.05) is 89.5 Å². The summed E-state index contributed by atoms with van der Waals surface area (Å²) in [4.78, 5) is 15.9. The molecule has 0 aliphatic rings. The number of benzene rings is 8. The van der Waals surface area contributed by atoms with Crippen LogP contribution in [0.15, 0.2) is 186 Å². The normalized spacial score (nSPS) is 13.1. The van der Waals surface area contributed by atoms with Crippen molar-refractivity contribution in [3.8, 4) is 29.0 Å². The number of fused-ring (bicyclic) bond motifs is 13. The molecule has 7 nitrogen and oxygen atoms in total. The van der Waals surface area contributed by atoms with Crippen molar-refractivity contribution >= 4 is 87.4 Å². The lowest BCUT2D eigenvalue weighted by Crippen LogP contribution is -2.11. The summed E-state index contributed by atoms with van der Waals surface area (Å²) in [5.74, 6) is 0.946. The summed E-state index contributed by atoms with van der Waals surface area (Å²) in [6.45, 7) is 0. The lowest BCUT2D eigenvalue weighted by atomic mass is 10.1. The van der Waals surface area contributed by atoms with E-state index < -0.39 is 0 Å². The first-order valence-corrected chi connectivity index (χ1v) is 19.1. The fourth-order valence-electron chi connectivity index (χ4n) is 9.06. The fourth-order valence-corrected chi connectivity index (χ4v) is 9.06. The van der Waals surface area contributed by atoms with Crippen LogP contribution in [-0.2, 0) is 0 Å². The third-order valence-electron chi connectivity index (χ3n) is 11.5. The van der Waals surface area contributed by atoms with E-state index in [2.05, 4.69) is 77.4 Å². The maximum atomic E-state index is 9.27. The van der Waals surface area contributed by atoms with Gasteiger partial charge in [-0.3, -0.25) is 9.13 Å². The van der Waals surface area contributed by atoms with Crippen molar-refractivity contribution in [2.24, 2.45) is 0 Å². The quantitative estimate of drug-likeness (QED) is 0.180. The Kier molecular flexibility index (Phi) is 5.57. The number of hydrogen-bond donors (Lipinski definition) is 0. The van der Waals surface area contributed by atoms with Crippen LogP contribution in [0.1, 0.15) is 5.48 Å². The van der Waals surface area contributed by atoms with E-state index >= 15 is 0 Å². The van der Waals surface area contributed by atoms with E-state index in [1.165, 1.54) is 0 Å². The highest BCUT2D eigenvalue weighted by Crippen LogP contribution is 2.43. The predicted molar refractivity (Wildman–Crippen MR) is 236 cm³/mol. The van der Waals surface area contributed by atoms with Gasteiger partial charge in [0.25, 0.3) is 0 Å². The Bertz CT molecular complexity index is 4010. The Balaban J connectivity index is 1.19. The molecule has 13 rings (SSSR count). The average molecular weight is 747 g/mol. The number of hydrogen-bond acceptors (Lipinski definition) is 4. The van der Waals surface area contributed by atoms with Gasteiger partial charge in [0.15, 0.2) is 5.82 Å². The van der Waals surface area contributed by atoms with Gasteiger partial charge in [-0.1, -0.05) is 121 Å². The summed E-state index contributed by atoms with van der Waals surface area (Å²) in [7, 11) is 0. The molecule has 0 N–H and O–H groups in total. The fraction of sp³-hybridized carbons (Fsp3) is 0. The molecule has 0 saturated carbocycles. The van der Waals surface area contributed by atoms with Gasteiger partial charge in [-0.25, -0.2) is 0 Å². The van der Waals surface area contributed by atoms with E-state index in [0.717, 1.165) is 76.8 Å². The molecule has 5 heterocycles. The van der Waals surface area contributed by atoms with E-state index in [-0.39, 0.29) is 35.6 Å². The smallest absolute Gasteiger partial charge is 0.240 e. The van der Waals surface area contributed by atoms with Crippen LogP contribution >= 0.6 is 0 Å². The first kappa shape index (κ1) is 27.5. The Morgan fingerprint density at radius 1 is 0.397 bits per heavy atom. The third kappa shape index (κ3) is 4.24. The molecule has 5 aromatic heterocycles. The first-order valence-electron chi connectivity index (χ1n) is 21.1. The molecule has 8 aromatic carbocycles. The zero-order valence-electron chi connectivity index (χ0n) is 34.6. The number of aromatic nitrogens is 6. The maximum Gasteiger partial charge on any atom is 0.240 e. The zero-order valence-corrected chi connectivity index (χ0v) is 30.6. The van der Waals surface area contributed by atoms with Crippen molar-refractivity contribution in [2.75, 3.05) is 0 Å². The minimum atomic E-state index is -0.335. The van der Waals surface area contributed by atoms with Crippen molar-refractivity contribution in [3.05, 3.63) is 182 Å². The first-order chi connectivity index (χ1) is 30.5. The molecule has 270 valence electrons. The SMILES string of the molecule is [2H]c1c([2H])c([2H])c2c(c1[2H])c1ccccc1n2-c1nc(-c2ccccc2-n2c3ccccc3c3ccc4oc5ccccc5c4c32)nc(-n2c3ccccc3c3ccccc32)n1. The van der Waals surface area contributed by atoms with E-state index in [9.17, 15) is 1.37 Å². The van der Waals surface area contributed by atoms with Gasteiger partial charge in [0.2, 0.25) is 11.9 Å². The second-order valence-electron chi connectivity index (χ2n) is 14.5. The van der Waals surface area contributed by atoms with Gasteiger partial charge in [0.05, 0.1) is 49.7 Å². The standard InChI is InChI=1S/C51H30N6O/c1-9-23-40-31(15-1)32-16-2-10-24-41(32)56(40)50-52-49(53-51(54-50)57-42-25-11-3-17-33(42)34-18-4-12-26-43(34)57)37-20-6-13-27-44(37)55-39-22-8-5-19-35(39)36-29-30-46-47(48(36)55)38-21-7-14-28-45(38)58-46/h1-30H/i1D,9D,15D,23D. The molecule has 58 heavy (non-hydrogen) atoms. The Hall–Kier alpha value is -8.03. The van der Waals surface area contributed by atoms with Gasteiger partial charge in [0.1, 0.15) is 11.2 Å². The summed E-state index contributed by atoms with van der Waals surface area (Å²) in [5, 5.41) is 7.33. The van der Waals surface area contributed by atoms with Crippen LogP contribution < -0.4 is 0 Å². The second-order valence-corrected chi connectivity index (χ2v) is 14.5. The molecule has 13 aromatic rings. The molecule has 0 radical (unpaired) electrons. The van der Waals surface area contributed by atoms with Crippen LogP contribution in [0, 0.1) is 0 Å². The molecular formula is C51H30N6O. The Morgan fingerprint density at radius 2 is 0.914 bits per heavy atom. The van der Waals surface area contributed by atoms with Crippen molar-refractivity contribution in [3.63, 3.8) is 0 Å². The van der Waals surface area contributed by atoms with Crippen molar-refractivity contribution in [1.82, 2.24) is 28.7 Å². The van der Waals surface area contributed by atoms with Crippen LogP contribution in [0.5, 0.6) is 0 Å². The van der Waals surface area contributed by atoms with Gasteiger partial charge in [-0.15, -0.1) is 0 Å². The second kappa shape index (κ2) is 11.7. The number of rotatable bonds is 4. The van der Waals surface area contributed by atoms with Gasteiger partial charge in [-0.2, -0.15) is 15.0 Å². The zero-order chi connectivity index (χ0) is 41.4. The molecule has 0 bridgehead atoms.